The first-order valence-electron chi connectivity index (χ1n) is 8.87. The molecule has 136 valence electrons. The highest BCUT2D eigenvalue weighted by Crippen LogP contribution is 2.25. The molecule has 2 atom stereocenters. The molecule has 7 heteroatoms. The van der Waals surface area contributed by atoms with E-state index < -0.39 is 6.10 Å². The molecule has 0 unspecified atom stereocenters. The molecule has 26 heavy (non-hydrogen) atoms. The molecule has 0 aliphatic carbocycles. The van der Waals surface area contributed by atoms with Crippen molar-refractivity contribution in [1.29, 1.82) is 0 Å². The van der Waals surface area contributed by atoms with Gasteiger partial charge >= 0.3 is 0 Å². The Labute approximate surface area is 157 Å². The maximum atomic E-state index is 12.6. The van der Waals surface area contributed by atoms with Gasteiger partial charge in [0.15, 0.2) is 0 Å². The van der Waals surface area contributed by atoms with E-state index in [9.17, 15) is 9.90 Å². The number of β-amino-alcohol motifs (C(OH)–C–C–N with tert-alkyl or cyclic N) is 1. The molecule has 2 aliphatic rings. The number of amides is 1. The SMILES string of the molecule is O=C(c1cc(Cl)ncn1)N1CC[C@@H](N2CCc3ccccc3C2)[C@H](O)C1. The van der Waals surface area contributed by atoms with Crippen molar-refractivity contribution in [1.82, 2.24) is 19.8 Å². The minimum atomic E-state index is -0.574. The van der Waals surface area contributed by atoms with Crippen LogP contribution in [0.1, 0.15) is 28.0 Å². The number of aliphatic hydroxyl groups excluding tert-OH is 1. The monoisotopic (exact) mass is 372 g/mol. The fraction of sp³-hybridized carbons (Fsp3) is 0.421. The van der Waals surface area contributed by atoms with Crippen LogP contribution in [-0.2, 0) is 13.0 Å². The number of aliphatic hydroxyl groups is 1. The van der Waals surface area contributed by atoms with Gasteiger partial charge in [-0.1, -0.05) is 35.9 Å². The Morgan fingerprint density at radius 1 is 1.19 bits per heavy atom. The summed E-state index contributed by atoms with van der Waals surface area (Å²) >= 11 is 5.84. The number of fused-ring (bicyclic) bond motifs is 1. The highest BCUT2D eigenvalue weighted by molar-refractivity contribution is 6.29. The number of nitrogens with zero attached hydrogens (tertiary/aromatic N) is 4. The Morgan fingerprint density at radius 2 is 2.00 bits per heavy atom. The molecule has 1 aromatic heterocycles. The lowest BCUT2D eigenvalue weighted by Crippen LogP contribution is -2.56. The molecule has 6 nitrogen and oxygen atoms in total. The number of hydrogen-bond donors (Lipinski definition) is 1. The van der Waals surface area contributed by atoms with E-state index in [-0.39, 0.29) is 22.8 Å². The molecule has 4 rings (SSSR count). The third-order valence-electron chi connectivity index (χ3n) is 5.32. The van der Waals surface area contributed by atoms with Gasteiger partial charge in [0.25, 0.3) is 5.91 Å². The first-order chi connectivity index (χ1) is 12.6. The number of carbonyl (C=O) groups is 1. The molecule has 0 radical (unpaired) electrons. The third kappa shape index (κ3) is 3.45. The maximum Gasteiger partial charge on any atom is 0.272 e. The molecule has 1 N–H and O–H groups in total. The van der Waals surface area contributed by atoms with Crippen molar-refractivity contribution < 1.29 is 9.90 Å². The first-order valence-corrected chi connectivity index (χ1v) is 9.25. The van der Waals surface area contributed by atoms with E-state index in [0.29, 0.717) is 13.1 Å². The second-order valence-electron chi connectivity index (χ2n) is 6.89. The average molecular weight is 373 g/mol. The van der Waals surface area contributed by atoms with Crippen molar-refractivity contribution in [3.8, 4) is 0 Å². The number of carbonyl (C=O) groups excluding carboxylic acids is 1. The third-order valence-corrected chi connectivity index (χ3v) is 5.52. The molecule has 1 amide bonds. The van der Waals surface area contributed by atoms with E-state index in [2.05, 4.69) is 39.1 Å². The highest BCUT2D eigenvalue weighted by atomic mass is 35.5. The minimum Gasteiger partial charge on any atom is -0.390 e. The zero-order chi connectivity index (χ0) is 18.1. The van der Waals surface area contributed by atoms with Crippen LogP contribution in [0.3, 0.4) is 0 Å². The van der Waals surface area contributed by atoms with E-state index >= 15 is 0 Å². The Balaban J connectivity index is 1.42. The average Bonchev–Trinajstić information content (AvgIpc) is 2.67. The topological polar surface area (TPSA) is 69.6 Å². The fourth-order valence-electron chi connectivity index (χ4n) is 3.94. The molecule has 3 heterocycles. The first kappa shape index (κ1) is 17.4. The van der Waals surface area contributed by atoms with E-state index in [4.69, 9.17) is 11.6 Å². The summed E-state index contributed by atoms with van der Waals surface area (Å²) in [6.45, 7) is 2.70. The van der Waals surface area contributed by atoms with Gasteiger partial charge in [0.2, 0.25) is 0 Å². The summed E-state index contributed by atoms with van der Waals surface area (Å²) in [6.07, 6.45) is 2.45. The molecule has 1 saturated heterocycles. The summed E-state index contributed by atoms with van der Waals surface area (Å²) in [6, 6.07) is 10.0. The van der Waals surface area contributed by atoms with Gasteiger partial charge in [0.05, 0.1) is 6.10 Å². The second-order valence-corrected chi connectivity index (χ2v) is 7.28. The van der Waals surface area contributed by atoms with Crippen molar-refractivity contribution in [2.45, 2.75) is 31.5 Å². The smallest absolute Gasteiger partial charge is 0.272 e. The largest absolute Gasteiger partial charge is 0.390 e. The van der Waals surface area contributed by atoms with Gasteiger partial charge in [0, 0.05) is 38.3 Å². The molecule has 0 bridgehead atoms. The number of likely N-dealkylation sites (tertiary alicyclic amines) is 1. The molecule has 2 aliphatic heterocycles. The van der Waals surface area contributed by atoms with Crippen LogP contribution < -0.4 is 0 Å². The van der Waals surface area contributed by atoms with Gasteiger partial charge in [-0.25, -0.2) is 9.97 Å². The van der Waals surface area contributed by atoms with Gasteiger partial charge in [-0.05, 0) is 24.0 Å². The van der Waals surface area contributed by atoms with Crippen molar-refractivity contribution in [3.05, 3.63) is 58.6 Å². The molecule has 0 saturated carbocycles. The molecule has 1 fully saturated rings. The summed E-state index contributed by atoms with van der Waals surface area (Å²) in [4.78, 5) is 24.4. The van der Waals surface area contributed by atoms with Crippen LogP contribution in [0, 0.1) is 0 Å². The fourth-order valence-corrected chi connectivity index (χ4v) is 4.09. The lowest BCUT2D eigenvalue weighted by atomic mass is 9.94. The molecular formula is C19H21ClN4O2. The number of piperidine rings is 1. The number of hydrogen-bond acceptors (Lipinski definition) is 5. The molecular weight excluding hydrogens is 352 g/mol. The van der Waals surface area contributed by atoms with Crippen molar-refractivity contribution in [2.24, 2.45) is 0 Å². The minimum absolute atomic E-state index is 0.0707. The molecule has 0 spiro atoms. The zero-order valence-corrected chi connectivity index (χ0v) is 15.1. The van der Waals surface area contributed by atoms with Crippen molar-refractivity contribution in [2.75, 3.05) is 19.6 Å². The van der Waals surface area contributed by atoms with Crippen molar-refractivity contribution >= 4 is 17.5 Å². The summed E-state index contributed by atoms with van der Waals surface area (Å²) in [5.41, 5.74) is 2.99. The summed E-state index contributed by atoms with van der Waals surface area (Å²) in [5.74, 6) is -0.212. The van der Waals surface area contributed by atoms with E-state index in [1.165, 1.54) is 23.5 Å². The van der Waals surface area contributed by atoms with E-state index in [1.807, 2.05) is 0 Å². The van der Waals surface area contributed by atoms with Gasteiger partial charge in [-0.3, -0.25) is 9.69 Å². The van der Waals surface area contributed by atoms with Crippen LogP contribution in [0.15, 0.2) is 36.7 Å². The standard InChI is InChI=1S/C19H21ClN4O2/c20-18-9-15(21-12-22-18)19(26)24-8-6-16(17(25)11-24)23-7-5-13-3-1-2-4-14(13)10-23/h1-4,9,12,16-17,25H,5-8,10-11H2/t16-,17-/m1/s1. The molecule has 1 aromatic carbocycles. The predicted octanol–water partition coefficient (Wildman–Crippen LogP) is 1.76. The van der Waals surface area contributed by atoms with Crippen LogP contribution in [0.5, 0.6) is 0 Å². The number of benzene rings is 1. The Kier molecular flexibility index (Phi) is 4.89. The Morgan fingerprint density at radius 3 is 2.77 bits per heavy atom. The van der Waals surface area contributed by atoms with Crippen LogP contribution >= 0.6 is 11.6 Å². The molecule has 2 aromatic rings. The summed E-state index contributed by atoms with van der Waals surface area (Å²) < 4.78 is 0. The number of aromatic nitrogens is 2. The quantitative estimate of drug-likeness (QED) is 0.813. The van der Waals surface area contributed by atoms with Crippen LogP contribution in [0.4, 0.5) is 0 Å². The number of halogens is 1. The Hall–Kier alpha value is -2.02. The summed E-state index contributed by atoms with van der Waals surface area (Å²) in [7, 11) is 0. The van der Waals surface area contributed by atoms with Gasteiger partial charge in [-0.15, -0.1) is 0 Å². The highest BCUT2D eigenvalue weighted by Gasteiger charge is 2.35. The van der Waals surface area contributed by atoms with Crippen LogP contribution in [0.2, 0.25) is 5.15 Å². The van der Waals surface area contributed by atoms with E-state index in [1.54, 1.807) is 4.90 Å². The lowest BCUT2D eigenvalue weighted by molar-refractivity contribution is -0.0139. The van der Waals surface area contributed by atoms with Gasteiger partial charge < -0.3 is 10.0 Å². The van der Waals surface area contributed by atoms with Gasteiger partial charge in [-0.2, -0.15) is 0 Å². The normalized spacial score (nSPS) is 23.5. The maximum absolute atomic E-state index is 12.6. The Bertz CT molecular complexity index is 816. The second kappa shape index (κ2) is 7.31. The van der Waals surface area contributed by atoms with Gasteiger partial charge in [0.1, 0.15) is 17.2 Å². The number of rotatable bonds is 2. The van der Waals surface area contributed by atoms with Crippen LogP contribution in [-0.4, -0.2) is 62.6 Å². The zero-order valence-electron chi connectivity index (χ0n) is 14.4. The van der Waals surface area contributed by atoms with Crippen LogP contribution in [0.25, 0.3) is 0 Å². The van der Waals surface area contributed by atoms with Crippen molar-refractivity contribution in [3.63, 3.8) is 0 Å². The lowest BCUT2D eigenvalue weighted by Gasteiger charge is -2.43. The van der Waals surface area contributed by atoms with E-state index in [0.717, 1.165) is 25.9 Å². The predicted molar refractivity (Wildman–Crippen MR) is 97.9 cm³/mol. The summed E-state index contributed by atoms with van der Waals surface area (Å²) in [5, 5.41) is 10.9.